The highest BCUT2D eigenvalue weighted by molar-refractivity contribution is 9.10. The summed E-state index contributed by atoms with van der Waals surface area (Å²) in [4.78, 5) is 0.622. The second-order valence-corrected chi connectivity index (χ2v) is 5.59. The van der Waals surface area contributed by atoms with Crippen molar-refractivity contribution in [3.05, 3.63) is 64.4 Å². The minimum Gasteiger partial charge on any atom is -0.586 e. The largest absolute Gasteiger partial charge is 0.586 e. The zero-order chi connectivity index (χ0) is 13.0. The van der Waals surface area contributed by atoms with E-state index in [1.165, 1.54) is 18.3 Å². The molecule has 0 amide bonds. The van der Waals surface area contributed by atoms with E-state index in [0.29, 0.717) is 10.5 Å². The van der Waals surface area contributed by atoms with E-state index in [0.717, 1.165) is 4.47 Å². The second kappa shape index (κ2) is 6.13. The van der Waals surface area contributed by atoms with E-state index in [-0.39, 0.29) is 5.82 Å². The van der Waals surface area contributed by atoms with Crippen LogP contribution in [0.5, 0.6) is 0 Å². The molecular weight excluding hydrogens is 317 g/mol. The lowest BCUT2D eigenvalue weighted by Crippen LogP contribution is -1.97. The van der Waals surface area contributed by atoms with Crippen molar-refractivity contribution in [1.82, 2.24) is 0 Å². The van der Waals surface area contributed by atoms with Crippen LogP contribution in [0.1, 0.15) is 5.56 Å². The molecule has 0 aliphatic heterocycles. The van der Waals surface area contributed by atoms with Gasteiger partial charge < -0.3 is 4.55 Å². The van der Waals surface area contributed by atoms with Crippen molar-refractivity contribution in [2.24, 2.45) is 4.40 Å². The van der Waals surface area contributed by atoms with Gasteiger partial charge in [0.1, 0.15) is 17.2 Å². The van der Waals surface area contributed by atoms with Crippen molar-refractivity contribution in [3.8, 4) is 0 Å². The summed E-state index contributed by atoms with van der Waals surface area (Å²) >= 11 is 1.86. The van der Waals surface area contributed by atoms with Gasteiger partial charge in [0.15, 0.2) is 4.90 Å². The van der Waals surface area contributed by atoms with Crippen molar-refractivity contribution in [2.75, 3.05) is 0 Å². The van der Waals surface area contributed by atoms with Gasteiger partial charge in [-0.25, -0.2) is 4.39 Å². The van der Waals surface area contributed by atoms with E-state index in [4.69, 9.17) is 0 Å². The lowest BCUT2D eigenvalue weighted by molar-refractivity contribution is 0.597. The molecule has 5 heteroatoms. The van der Waals surface area contributed by atoms with Crippen molar-refractivity contribution in [1.29, 1.82) is 0 Å². The van der Waals surface area contributed by atoms with Gasteiger partial charge in [-0.15, -0.1) is 0 Å². The topological polar surface area (TPSA) is 35.4 Å². The first-order chi connectivity index (χ1) is 8.65. The van der Waals surface area contributed by atoms with Crippen LogP contribution in [0.3, 0.4) is 0 Å². The fourth-order valence-corrected chi connectivity index (χ4v) is 2.24. The summed E-state index contributed by atoms with van der Waals surface area (Å²) in [7, 11) is 0. The van der Waals surface area contributed by atoms with Gasteiger partial charge in [-0.1, -0.05) is 32.5 Å². The summed E-state index contributed by atoms with van der Waals surface area (Å²) < 4.78 is 29.4. The lowest BCUT2D eigenvalue weighted by atomic mass is 10.2. The third-order valence-corrected chi connectivity index (χ3v) is 3.68. The maximum Gasteiger partial charge on any atom is 0.182 e. The molecule has 0 N–H and O–H groups in total. The van der Waals surface area contributed by atoms with Crippen LogP contribution in [0.4, 0.5) is 4.39 Å². The molecule has 18 heavy (non-hydrogen) atoms. The number of hydrogen-bond donors (Lipinski definition) is 0. The van der Waals surface area contributed by atoms with Crippen molar-refractivity contribution in [3.63, 3.8) is 0 Å². The van der Waals surface area contributed by atoms with E-state index in [2.05, 4.69) is 20.3 Å². The standard InChI is InChI=1S/C13H9BrFNOS/c14-11-3-7-13(8-4-11)18(17)16-9-10-1-5-12(15)6-2-10/h1-9H. The highest BCUT2D eigenvalue weighted by atomic mass is 79.9. The molecule has 0 aromatic heterocycles. The van der Waals surface area contributed by atoms with Gasteiger partial charge in [0, 0.05) is 4.47 Å². The molecule has 0 spiro atoms. The fraction of sp³-hybridized carbons (Fsp3) is 0. The van der Waals surface area contributed by atoms with Gasteiger partial charge in [0.25, 0.3) is 0 Å². The highest BCUT2D eigenvalue weighted by Gasteiger charge is 2.08. The minimum absolute atomic E-state index is 0.304. The first kappa shape index (κ1) is 13.3. The Hall–Kier alpha value is -1.17. The molecule has 1 atom stereocenters. The number of benzene rings is 2. The van der Waals surface area contributed by atoms with Crippen LogP contribution in [0.25, 0.3) is 0 Å². The first-order valence-corrected chi connectivity index (χ1v) is 7.02. The number of hydrogen-bond acceptors (Lipinski definition) is 2. The van der Waals surface area contributed by atoms with Crippen molar-refractivity contribution < 1.29 is 8.94 Å². The van der Waals surface area contributed by atoms with Crippen LogP contribution in [0.2, 0.25) is 0 Å². The lowest BCUT2D eigenvalue weighted by Gasteiger charge is -2.02. The molecule has 0 aliphatic carbocycles. The number of rotatable bonds is 3. The van der Waals surface area contributed by atoms with Gasteiger partial charge in [0.05, 0.1) is 6.21 Å². The highest BCUT2D eigenvalue weighted by Crippen LogP contribution is 2.16. The molecule has 0 bridgehead atoms. The molecule has 2 rings (SSSR count). The van der Waals surface area contributed by atoms with E-state index in [1.54, 1.807) is 36.4 Å². The molecule has 0 saturated heterocycles. The van der Waals surface area contributed by atoms with Crippen LogP contribution in [0.15, 0.2) is 62.3 Å². The second-order valence-electron chi connectivity index (χ2n) is 3.49. The summed E-state index contributed by atoms with van der Waals surface area (Å²) in [6.45, 7) is 0. The SMILES string of the molecule is [O-][S+](N=Cc1ccc(F)cc1)c1ccc(Br)cc1. The Balaban J connectivity index is 2.08. The monoisotopic (exact) mass is 325 g/mol. The molecule has 2 aromatic rings. The van der Waals surface area contributed by atoms with E-state index >= 15 is 0 Å². The molecule has 92 valence electrons. The molecule has 0 aliphatic rings. The van der Waals surface area contributed by atoms with Gasteiger partial charge in [-0.2, -0.15) is 0 Å². The Morgan fingerprint density at radius 2 is 1.67 bits per heavy atom. The molecule has 0 heterocycles. The number of nitrogens with zero attached hydrogens (tertiary/aromatic N) is 1. The summed E-state index contributed by atoms with van der Waals surface area (Å²) in [5.41, 5.74) is 0.710. The van der Waals surface area contributed by atoms with E-state index in [1.807, 2.05) is 0 Å². The Bertz CT molecular complexity index is 542. The molecule has 1 unspecified atom stereocenters. The first-order valence-electron chi connectivity index (χ1n) is 5.12. The fourth-order valence-electron chi connectivity index (χ4n) is 1.27. The quantitative estimate of drug-likeness (QED) is 0.625. The normalized spacial score (nSPS) is 12.8. The molecule has 0 radical (unpaired) electrons. The average molecular weight is 326 g/mol. The average Bonchev–Trinajstić information content (AvgIpc) is 2.38. The van der Waals surface area contributed by atoms with Crippen LogP contribution >= 0.6 is 15.9 Å². The molecule has 0 saturated carbocycles. The molecular formula is C13H9BrFNOS. The summed E-state index contributed by atoms with van der Waals surface area (Å²) in [6, 6.07) is 12.9. The van der Waals surface area contributed by atoms with Gasteiger partial charge in [0.2, 0.25) is 0 Å². The van der Waals surface area contributed by atoms with Crippen LogP contribution < -0.4 is 0 Å². The zero-order valence-corrected chi connectivity index (χ0v) is 11.6. The summed E-state index contributed by atoms with van der Waals surface area (Å²) in [5.74, 6) is -0.304. The molecule has 0 fully saturated rings. The van der Waals surface area contributed by atoms with Crippen LogP contribution in [-0.2, 0) is 11.4 Å². The van der Waals surface area contributed by atoms with Crippen molar-refractivity contribution in [2.45, 2.75) is 4.90 Å². The van der Waals surface area contributed by atoms with Gasteiger partial charge >= 0.3 is 0 Å². The van der Waals surface area contributed by atoms with E-state index < -0.39 is 11.4 Å². The maximum atomic E-state index is 12.7. The third-order valence-electron chi connectivity index (χ3n) is 2.18. The van der Waals surface area contributed by atoms with Crippen molar-refractivity contribution >= 4 is 33.5 Å². The summed E-state index contributed by atoms with van der Waals surface area (Å²) in [6.07, 6.45) is 1.47. The van der Waals surface area contributed by atoms with E-state index in [9.17, 15) is 8.94 Å². The van der Waals surface area contributed by atoms with Gasteiger partial charge in [-0.3, -0.25) is 0 Å². The zero-order valence-electron chi connectivity index (χ0n) is 9.22. The smallest absolute Gasteiger partial charge is 0.182 e. The Morgan fingerprint density at radius 1 is 1.06 bits per heavy atom. The Labute approximate surface area is 116 Å². The Kier molecular flexibility index (Phi) is 4.52. The van der Waals surface area contributed by atoms with Crippen LogP contribution in [-0.4, -0.2) is 10.8 Å². The number of halogens is 2. The molecule has 2 nitrogen and oxygen atoms in total. The predicted octanol–water partition coefficient (Wildman–Crippen LogP) is 3.73. The third kappa shape index (κ3) is 3.66. The summed E-state index contributed by atoms with van der Waals surface area (Å²) in [5, 5.41) is 0. The Morgan fingerprint density at radius 3 is 2.28 bits per heavy atom. The minimum atomic E-state index is -1.44. The molecule has 2 aromatic carbocycles. The van der Waals surface area contributed by atoms with Gasteiger partial charge in [-0.05, 0) is 42.0 Å². The predicted molar refractivity (Wildman–Crippen MR) is 74.5 cm³/mol. The maximum absolute atomic E-state index is 12.7. The van der Waals surface area contributed by atoms with Crippen LogP contribution in [0, 0.1) is 5.82 Å².